The molecule has 0 fully saturated rings. The first kappa shape index (κ1) is 13.2. The van der Waals surface area contributed by atoms with Crippen LogP contribution in [0.4, 0.5) is 0 Å². The molecule has 0 unspecified atom stereocenters. The van der Waals surface area contributed by atoms with E-state index in [1.807, 2.05) is 0 Å². The highest BCUT2D eigenvalue weighted by molar-refractivity contribution is 7.99. The molecule has 0 aliphatic rings. The quantitative estimate of drug-likeness (QED) is 0.621. The number of hydrogen-bond acceptors (Lipinski definition) is 5. The third-order valence-corrected chi connectivity index (χ3v) is 3.23. The number of benzene rings is 1. The van der Waals surface area contributed by atoms with E-state index in [1.165, 1.54) is 11.8 Å². The van der Waals surface area contributed by atoms with E-state index in [0.29, 0.717) is 34.6 Å². The van der Waals surface area contributed by atoms with Gasteiger partial charge in [-0.15, -0.1) is 0 Å². The molecular weight excluding hydrogens is 274 g/mol. The van der Waals surface area contributed by atoms with Gasteiger partial charge in [0.15, 0.2) is 5.58 Å². The molecule has 0 aliphatic carbocycles. The molecule has 1 aromatic heterocycles. The maximum Gasteiger partial charge on any atom is 0.306 e. The number of carbonyl (C=O) groups excluding carboxylic acids is 1. The van der Waals surface area contributed by atoms with Crippen LogP contribution in [0, 0.1) is 0 Å². The lowest BCUT2D eigenvalue weighted by Crippen LogP contribution is -2.04. The predicted molar refractivity (Wildman–Crippen MR) is 71.0 cm³/mol. The van der Waals surface area contributed by atoms with Gasteiger partial charge in [0.1, 0.15) is 5.52 Å². The van der Waals surface area contributed by atoms with Gasteiger partial charge in [-0.3, -0.25) is 4.79 Å². The number of carbonyl (C=O) groups is 1. The Morgan fingerprint density at radius 2 is 2.39 bits per heavy atom. The minimum atomic E-state index is -0.204. The maximum atomic E-state index is 11.1. The van der Waals surface area contributed by atoms with Crippen LogP contribution >= 0.6 is 23.4 Å². The van der Waals surface area contributed by atoms with Crippen molar-refractivity contribution >= 4 is 40.4 Å². The molecule has 2 aromatic rings. The first-order valence-corrected chi connectivity index (χ1v) is 6.90. The Balaban J connectivity index is 1.94. The summed E-state index contributed by atoms with van der Waals surface area (Å²) in [5.41, 5.74) is 1.42. The van der Waals surface area contributed by atoms with Gasteiger partial charge in [-0.05, 0) is 25.1 Å². The summed E-state index contributed by atoms with van der Waals surface area (Å²) in [7, 11) is 0. The standard InChI is InChI=1S/C12H12ClNO3S/c1-2-16-11(15)5-6-18-12-14-9-7-8(13)3-4-10(9)17-12/h3-4,7H,2,5-6H2,1H3. The van der Waals surface area contributed by atoms with E-state index in [9.17, 15) is 4.79 Å². The van der Waals surface area contributed by atoms with Crippen molar-refractivity contribution in [1.82, 2.24) is 4.98 Å². The Kier molecular flexibility index (Phi) is 4.49. The van der Waals surface area contributed by atoms with Gasteiger partial charge < -0.3 is 9.15 Å². The van der Waals surface area contributed by atoms with Crippen molar-refractivity contribution in [2.75, 3.05) is 12.4 Å². The third-order valence-electron chi connectivity index (χ3n) is 2.17. The fourth-order valence-electron chi connectivity index (χ4n) is 1.40. The van der Waals surface area contributed by atoms with Crippen LogP contribution in [0.5, 0.6) is 0 Å². The van der Waals surface area contributed by atoms with Gasteiger partial charge in [0.2, 0.25) is 0 Å². The lowest BCUT2D eigenvalue weighted by molar-refractivity contribution is -0.142. The second-order valence-electron chi connectivity index (χ2n) is 3.50. The number of oxazole rings is 1. The number of thioether (sulfide) groups is 1. The van der Waals surface area contributed by atoms with Gasteiger partial charge in [-0.25, -0.2) is 4.98 Å². The molecule has 0 saturated carbocycles. The lowest BCUT2D eigenvalue weighted by atomic mass is 10.3. The van der Waals surface area contributed by atoms with Crippen molar-refractivity contribution in [2.45, 2.75) is 18.6 Å². The number of ether oxygens (including phenoxy) is 1. The molecular formula is C12H12ClNO3S. The second-order valence-corrected chi connectivity index (χ2v) is 4.98. The molecule has 0 atom stereocenters. The monoisotopic (exact) mass is 285 g/mol. The van der Waals surface area contributed by atoms with Crippen LogP contribution < -0.4 is 0 Å². The summed E-state index contributed by atoms with van der Waals surface area (Å²) in [5, 5.41) is 1.16. The van der Waals surface area contributed by atoms with Crippen LogP contribution in [-0.2, 0) is 9.53 Å². The van der Waals surface area contributed by atoms with Crippen molar-refractivity contribution in [3.8, 4) is 0 Å². The Morgan fingerprint density at radius 1 is 1.56 bits per heavy atom. The SMILES string of the molecule is CCOC(=O)CCSc1nc2cc(Cl)ccc2o1. The molecule has 4 nitrogen and oxygen atoms in total. The summed E-state index contributed by atoms with van der Waals surface area (Å²) in [6, 6.07) is 5.28. The van der Waals surface area contributed by atoms with Crippen LogP contribution in [0.15, 0.2) is 27.8 Å². The normalized spacial score (nSPS) is 10.8. The first-order chi connectivity index (χ1) is 8.69. The molecule has 1 aromatic carbocycles. The van der Waals surface area contributed by atoms with Crippen LogP contribution in [0.1, 0.15) is 13.3 Å². The molecule has 18 heavy (non-hydrogen) atoms. The van der Waals surface area contributed by atoms with E-state index >= 15 is 0 Å². The van der Waals surface area contributed by atoms with E-state index in [1.54, 1.807) is 25.1 Å². The minimum Gasteiger partial charge on any atom is -0.466 e. The average molecular weight is 286 g/mol. The van der Waals surface area contributed by atoms with Gasteiger partial charge in [-0.1, -0.05) is 23.4 Å². The van der Waals surface area contributed by atoms with Gasteiger partial charge >= 0.3 is 5.97 Å². The number of hydrogen-bond donors (Lipinski definition) is 0. The first-order valence-electron chi connectivity index (χ1n) is 5.53. The fraction of sp³-hybridized carbons (Fsp3) is 0.333. The van der Waals surface area contributed by atoms with Crippen LogP contribution in [0.3, 0.4) is 0 Å². The van der Waals surface area contributed by atoms with Gasteiger partial charge in [0.05, 0.1) is 13.0 Å². The number of rotatable bonds is 5. The van der Waals surface area contributed by atoms with Gasteiger partial charge in [0, 0.05) is 10.8 Å². The Morgan fingerprint density at radius 3 is 3.17 bits per heavy atom. The highest BCUT2D eigenvalue weighted by Gasteiger charge is 2.08. The van der Waals surface area contributed by atoms with E-state index in [0.717, 1.165) is 5.52 Å². The highest BCUT2D eigenvalue weighted by Crippen LogP contribution is 2.25. The fourth-order valence-corrected chi connectivity index (χ4v) is 2.32. The smallest absolute Gasteiger partial charge is 0.306 e. The van der Waals surface area contributed by atoms with E-state index < -0.39 is 0 Å². The van der Waals surface area contributed by atoms with Crippen molar-refractivity contribution in [2.24, 2.45) is 0 Å². The van der Waals surface area contributed by atoms with E-state index in [-0.39, 0.29) is 5.97 Å². The molecule has 1 heterocycles. The van der Waals surface area contributed by atoms with Crippen LogP contribution in [0.2, 0.25) is 5.02 Å². The Bertz CT molecular complexity index is 555. The van der Waals surface area contributed by atoms with Crippen LogP contribution in [-0.4, -0.2) is 23.3 Å². The van der Waals surface area contributed by atoms with Gasteiger partial charge in [-0.2, -0.15) is 0 Å². The molecule has 96 valence electrons. The zero-order chi connectivity index (χ0) is 13.0. The number of esters is 1. The molecule has 0 spiro atoms. The number of aromatic nitrogens is 1. The summed E-state index contributed by atoms with van der Waals surface area (Å²) in [5.74, 6) is 0.378. The maximum absolute atomic E-state index is 11.1. The molecule has 6 heteroatoms. The largest absolute Gasteiger partial charge is 0.466 e. The van der Waals surface area contributed by atoms with Crippen molar-refractivity contribution < 1.29 is 13.9 Å². The number of nitrogens with zero attached hydrogens (tertiary/aromatic N) is 1. The van der Waals surface area contributed by atoms with E-state index in [2.05, 4.69) is 4.98 Å². The Hall–Kier alpha value is -1.20. The van der Waals surface area contributed by atoms with Gasteiger partial charge in [0.25, 0.3) is 5.22 Å². The topological polar surface area (TPSA) is 52.3 Å². The highest BCUT2D eigenvalue weighted by atomic mass is 35.5. The average Bonchev–Trinajstić information content (AvgIpc) is 2.71. The zero-order valence-electron chi connectivity index (χ0n) is 9.81. The summed E-state index contributed by atoms with van der Waals surface area (Å²) in [6.45, 7) is 2.19. The van der Waals surface area contributed by atoms with Crippen molar-refractivity contribution in [1.29, 1.82) is 0 Å². The van der Waals surface area contributed by atoms with Crippen LogP contribution in [0.25, 0.3) is 11.1 Å². The minimum absolute atomic E-state index is 0.204. The van der Waals surface area contributed by atoms with Crippen molar-refractivity contribution in [3.63, 3.8) is 0 Å². The molecule has 0 radical (unpaired) electrons. The second kappa shape index (κ2) is 6.11. The lowest BCUT2D eigenvalue weighted by Gasteiger charge is -1.99. The molecule has 0 amide bonds. The summed E-state index contributed by atoms with van der Waals surface area (Å²) >= 11 is 7.24. The summed E-state index contributed by atoms with van der Waals surface area (Å²) < 4.78 is 10.3. The molecule has 0 bridgehead atoms. The summed E-state index contributed by atoms with van der Waals surface area (Å²) in [4.78, 5) is 15.4. The molecule has 2 rings (SSSR count). The number of fused-ring (bicyclic) bond motifs is 1. The molecule has 0 aliphatic heterocycles. The summed E-state index contributed by atoms with van der Waals surface area (Å²) in [6.07, 6.45) is 0.345. The predicted octanol–water partition coefficient (Wildman–Crippen LogP) is 3.53. The number of halogens is 1. The Labute approximate surface area is 114 Å². The molecule has 0 saturated heterocycles. The third kappa shape index (κ3) is 3.40. The van der Waals surface area contributed by atoms with E-state index in [4.69, 9.17) is 20.8 Å². The molecule has 0 N–H and O–H groups in total. The van der Waals surface area contributed by atoms with Crippen molar-refractivity contribution in [3.05, 3.63) is 23.2 Å². The zero-order valence-corrected chi connectivity index (χ0v) is 11.4.